The number of rotatable bonds is 7. The van der Waals surface area contributed by atoms with E-state index in [-0.39, 0.29) is 0 Å². The average molecular weight is 181 g/mol. The van der Waals surface area contributed by atoms with Crippen LogP contribution in [0.15, 0.2) is 0 Å². The molecule has 0 aliphatic rings. The van der Waals surface area contributed by atoms with Crippen LogP contribution in [0.25, 0.3) is 0 Å². The molecule has 0 aromatic carbocycles. The molecule has 59 valence electrons. The van der Waals surface area contributed by atoms with Crippen molar-refractivity contribution in [3.63, 3.8) is 0 Å². The van der Waals surface area contributed by atoms with Crippen molar-refractivity contribution in [1.82, 2.24) is 0 Å². The summed E-state index contributed by atoms with van der Waals surface area (Å²) in [5.41, 5.74) is 0. The first-order valence-electron chi connectivity index (χ1n) is 3.35. The van der Waals surface area contributed by atoms with Gasteiger partial charge in [-0.25, -0.2) is 0 Å². The van der Waals surface area contributed by atoms with Crippen molar-refractivity contribution < 1.29 is 33.6 Å². The van der Waals surface area contributed by atoms with Gasteiger partial charge >= 0.3 is 73.6 Å². The summed E-state index contributed by atoms with van der Waals surface area (Å²) in [5, 5.41) is 0. The van der Waals surface area contributed by atoms with Crippen LogP contribution in [0, 0.1) is 0 Å². The monoisotopic (exact) mass is 181 g/mol. The molecule has 0 atom stereocenters. The van der Waals surface area contributed by atoms with Crippen LogP contribution in [-0.2, 0) is 33.6 Å². The number of hydrogen-bond donors (Lipinski definition) is 0. The first-order valence-corrected chi connectivity index (χ1v) is 3.99. The van der Waals surface area contributed by atoms with Gasteiger partial charge in [-0.3, -0.25) is 0 Å². The zero-order chi connectivity index (χ0) is 7.66. The second-order valence-electron chi connectivity index (χ2n) is 1.66. The van der Waals surface area contributed by atoms with Gasteiger partial charge in [-0.15, -0.1) is 0 Å². The zero-order valence-electron chi connectivity index (χ0n) is 6.26. The van der Waals surface area contributed by atoms with Crippen molar-refractivity contribution in [3.05, 3.63) is 0 Å². The van der Waals surface area contributed by atoms with Crippen molar-refractivity contribution in [2.45, 2.75) is 6.92 Å². The van der Waals surface area contributed by atoms with Crippen LogP contribution >= 0.6 is 0 Å². The number of hydrogen-bond acceptors (Lipinski definition) is 3. The van der Waals surface area contributed by atoms with Crippen molar-refractivity contribution in [2.75, 3.05) is 33.0 Å². The minimum absolute atomic E-state index is 0.656. The molecule has 0 saturated carbocycles. The third-order valence-corrected chi connectivity index (χ3v) is 1.22. The maximum atomic E-state index is 5.13. The summed E-state index contributed by atoms with van der Waals surface area (Å²) in [7, 11) is 0. The van der Waals surface area contributed by atoms with Crippen LogP contribution in [0.3, 0.4) is 0 Å². The van der Waals surface area contributed by atoms with E-state index in [2.05, 4.69) is 0 Å². The third kappa shape index (κ3) is 8.59. The first-order chi connectivity index (χ1) is 4.91. The van der Waals surface area contributed by atoms with Crippen molar-refractivity contribution in [2.24, 2.45) is 0 Å². The molecule has 0 saturated heterocycles. The predicted octanol–water partition coefficient (Wildman–Crippen LogP) is 0.518. The van der Waals surface area contributed by atoms with E-state index in [9.17, 15) is 0 Å². The molecule has 0 aliphatic carbocycles. The zero-order valence-corrected chi connectivity index (χ0v) is 7.82. The van der Waals surface area contributed by atoms with E-state index in [1.165, 1.54) is 0 Å². The molecule has 3 nitrogen and oxygen atoms in total. The summed E-state index contributed by atoms with van der Waals surface area (Å²) in [4.78, 5) is 0. The van der Waals surface area contributed by atoms with Crippen molar-refractivity contribution in [3.8, 4) is 0 Å². The number of ether oxygens (including phenoxy) is 2. The summed E-state index contributed by atoms with van der Waals surface area (Å²) >= 11 is 1.66. The molecule has 0 unspecified atom stereocenters. The standard InChI is InChI=1S/C6H13O3.Ti/c1-2-8-5-6-9-4-3-7;/h2-6H2,1H3;/q-1;+1. The van der Waals surface area contributed by atoms with Crippen LogP contribution in [0.4, 0.5) is 0 Å². The van der Waals surface area contributed by atoms with Gasteiger partial charge in [-0.05, 0) is 0 Å². The molecule has 0 radical (unpaired) electrons. The molecule has 0 rings (SSSR count). The Morgan fingerprint density at radius 2 is 1.60 bits per heavy atom. The topological polar surface area (TPSA) is 27.7 Å². The van der Waals surface area contributed by atoms with Crippen molar-refractivity contribution in [1.29, 1.82) is 0 Å². The van der Waals surface area contributed by atoms with E-state index in [1.807, 2.05) is 6.92 Å². The van der Waals surface area contributed by atoms with Gasteiger partial charge in [0.15, 0.2) is 0 Å². The van der Waals surface area contributed by atoms with E-state index >= 15 is 0 Å². The van der Waals surface area contributed by atoms with Gasteiger partial charge in [0, 0.05) is 0 Å². The molecular formula is C6H13O3Ti. The third-order valence-electron chi connectivity index (χ3n) is 0.906. The summed E-state index contributed by atoms with van der Waals surface area (Å²) in [6.07, 6.45) is 0. The Morgan fingerprint density at radius 3 is 2.20 bits per heavy atom. The maximum absolute atomic E-state index is 5.13. The second-order valence-corrected chi connectivity index (χ2v) is 2.11. The molecule has 0 N–H and O–H groups in total. The Labute approximate surface area is 73.9 Å². The average Bonchev–Trinajstić information content (AvgIpc) is 1.97. The molecule has 0 fully saturated rings. The van der Waals surface area contributed by atoms with Gasteiger partial charge in [-0.1, -0.05) is 0 Å². The van der Waals surface area contributed by atoms with E-state index < -0.39 is 0 Å². The van der Waals surface area contributed by atoms with Crippen LogP contribution in [-0.4, -0.2) is 33.0 Å². The Morgan fingerprint density at radius 1 is 1.00 bits per heavy atom. The van der Waals surface area contributed by atoms with Gasteiger partial charge in [-0.2, -0.15) is 0 Å². The van der Waals surface area contributed by atoms with Crippen LogP contribution in [0.2, 0.25) is 0 Å². The second kappa shape index (κ2) is 9.59. The molecule has 0 aromatic rings. The summed E-state index contributed by atoms with van der Waals surface area (Å²) in [6.45, 7) is 5.38. The molecule has 0 bridgehead atoms. The summed E-state index contributed by atoms with van der Waals surface area (Å²) < 4.78 is 15.0. The summed E-state index contributed by atoms with van der Waals surface area (Å²) in [6, 6.07) is 0. The molecule has 0 aliphatic heterocycles. The normalized spacial score (nSPS) is 10.0. The van der Waals surface area contributed by atoms with E-state index in [1.54, 1.807) is 20.8 Å². The van der Waals surface area contributed by atoms with Gasteiger partial charge in [0.05, 0.1) is 0 Å². The molecule has 0 aromatic heterocycles. The first kappa shape index (κ1) is 10.6. The Kier molecular flexibility index (Phi) is 10.2. The molecule has 0 heterocycles. The Bertz CT molecular complexity index is 53.0. The SMILES string of the molecule is CCOCCOCC[O][Ti]. The fourth-order valence-electron chi connectivity index (χ4n) is 0.465. The van der Waals surface area contributed by atoms with Gasteiger partial charge < -0.3 is 0 Å². The minimum atomic E-state index is 0.656. The van der Waals surface area contributed by atoms with Crippen LogP contribution < -0.4 is 0 Å². The summed E-state index contributed by atoms with van der Waals surface area (Å²) in [5.74, 6) is 0. The quantitative estimate of drug-likeness (QED) is 0.423. The van der Waals surface area contributed by atoms with Crippen molar-refractivity contribution >= 4 is 0 Å². The van der Waals surface area contributed by atoms with E-state index in [0.717, 1.165) is 6.61 Å². The molecular weight excluding hydrogens is 168 g/mol. The van der Waals surface area contributed by atoms with E-state index in [4.69, 9.17) is 12.8 Å². The fourth-order valence-corrected chi connectivity index (χ4v) is 0.595. The Hall–Kier alpha value is 0.594. The van der Waals surface area contributed by atoms with Crippen LogP contribution in [0.5, 0.6) is 0 Å². The molecule has 0 amide bonds. The molecule has 4 heteroatoms. The molecule has 10 heavy (non-hydrogen) atoms. The Balaban J connectivity index is 2.65. The molecule has 0 spiro atoms. The van der Waals surface area contributed by atoms with Gasteiger partial charge in [0.2, 0.25) is 0 Å². The fraction of sp³-hybridized carbons (Fsp3) is 1.00. The van der Waals surface area contributed by atoms with Gasteiger partial charge in [0.25, 0.3) is 0 Å². The van der Waals surface area contributed by atoms with Gasteiger partial charge in [0.1, 0.15) is 0 Å². The van der Waals surface area contributed by atoms with E-state index in [0.29, 0.717) is 26.4 Å². The van der Waals surface area contributed by atoms with Crippen LogP contribution in [0.1, 0.15) is 6.92 Å². The predicted molar refractivity (Wildman–Crippen MR) is 33.3 cm³/mol.